The molecule has 104 valence electrons. The standard InChI is InChI=1S/C15H21NO3/c1-11-5-6-12(8-14(11)19-2)9-15(18)16-7-3-4-13(17)10-16/h5-6,8,13,17H,3-4,7,9-10H2,1-2H3. The largest absolute Gasteiger partial charge is 0.496 e. The molecule has 1 unspecified atom stereocenters. The van der Waals surface area contributed by atoms with E-state index in [4.69, 9.17) is 4.74 Å². The van der Waals surface area contributed by atoms with Gasteiger partial charge in [-0.3, -0.25) is 4.79 Å². The second kappa shape index (κ2) is 6.06. The summed E-state index contributed by atoms with van der Waals surface area (Å²) in [7, 11) is 1.63. The lowest BCUT2D eigenvalue weighted by Gasteiger charge is -2.30. The minimum atomic E-state index is -0.370. The Kier molecular flexibility index (Phi) is 4.43. The van der Waals surface area contributed by atoms with Crippen molar-refractivity contribution in [3.63, 3.8) is 0 Å². The van der Waals surface area contributed by atoms with Gasteiger partial charge in [0, 0.05) is 13.1 Å². The first kappa shape index (κ1) is 13.9. The molecule has 4 heteroatoms. The van der Waals surface area contributed by atoms with E-state index in [0.29, 0.717) is 13.0 Å². The number of aliphatic hydroxyl groups excluding tert-OH is 1. The number of rotatable bonds is 3. The van der Waals surface area contributed by atoms with Gasteiger partial charge in [0.25, 0.3) is 0 Å². The number of aryl methyl sites for hydroxylation is 1. The summed E-state index contributed by atoms with van der Waals surface area (Å²) in [6.07, 6.45) is 1.67. The van der Waals surface area contributed by atoms with Crippen LogP contribution in [0.4, 0.5) is 0 Å². The zero-order chi connectivity index (χ0) is 13.8. The van der Waals surface area contributed by atoms with Crippen LogP contribution in [-0.2, 0) is 11.2 Å². The Morgan fingerprint density at radius 1 is 1.53 bits per heavy atom. The molecule has 1 heterocycles. The topological polar surface area (TPSA) is 49.8 Å². The van der Waals surface area contributed by atoms with E-state index in [9.17, 15) is 9.90 Å². The normalized spacial score (nSPS) is 19.3. The zero-order valence-electron chi connectivity index (χ0n) is 11.6. The van der Waals surface area contributed by atoms with Crippen LogP contribution < -0.4 is 4.74 Å². The summed E-state index contributed by atoms with van der Waals surface area (Å²) in [4.78, 5) is 13.9. The maximum Gasteiger partial charge on any atom is 0.227 e. The van der Waals surface area contributed by atoms with E-state index in [1.807, 2.05) is 25.1 Å². The van der Waals surface area contributed by atoms with Crippen LogP contribution in [0.3, 0.4) is 0 Å². The van der Waals surface area contributed by atoms with Crippen molar-refractivity contribution in [3.05, 3.63) is 29.3 Å². The van der Waals surface area contributed by atoms with Crippen molar-refractivity contribution in [3.8, 4) is 5.75 Å². The second-order valence-electron chi connectivity index (χ2n) is 5.12. The molecule has 0 aromatic heterocycles. The molecule has 4 nitrogen and oxygen atoms in total. The molecule has 1 amide bonds. The molecule has 19 heavy (non-hydrogen) atoms. The van der Waals surface area contributed by atoms with E-state index < -0.39 is 0 Å². The fourth-order valence-corrected chi connectivity index (χ4v) is 2.44. The Morgan fingerprint density at radius 3 is 3.00 bits per heavy atom. The summed E-state index contributed by atoms with van der Waals surface area (Å²) in [5.74, 6) is 0.883. The number of hydrogen-bond acceptors (Lipinski definition) is 3. The molecule has 1 aromatic rings. The Morgan fingerprint density at radius 2 is 2.32 bits per heavy atom. The number of piperidine rings is 1. The summed E-state index contributed by atoms with van der Waals surface area (Å²) >= 11 is 0. The molecule has 1 saturated heterocycles. The van der Waals surface area contributed by atoms with Gasteiger partial charge in [-0.1, -0.05) is 12.1 Å². The van der Waals surface area contributed by atoms with Gasteiger partial charge in [-0.25, -0.2) is 0 Å². The quantitative estimate of drug-likeness (QED) is 0.899. The van der Waals surface area contributed by atoms with Crippen molar-refractivity contribution in [2.24, 2.45) is 0 Å². The lowest BCUT2D eigenvalue weighted by atomic mass is 10.1. The summed E-state index contributed by atoms with van der Waals surface area (Å²) in [6.45, 7) is 3.19. The summed E-state index contributed by atoms with van der Waals surface area (Å²) in [5, 5.41) is 9.60. The van der Waals surface area contributed by atoms with Crippen molar-refractivity contribution < 1.29 is 14.6 Å². The number of amides is 1. The molecule has 0 spiro atoms. The predicted molar refractivity (Wildman–Crippen MR) is 73.3 cm³/mol. The smallest absolute Gasteiger partial charge is 0.227 e. The molecule has 0 saturated carbocycles. The van der Waals surface area contributed by atoms with E-state index in [2.05, 4.69) is 0 Å². The summed E-state index contributed by atoms with van der Waals surface area (Å²) in [6, 6.07) is 5.83. The number of carbonyl (C=O) groups is 1. The third-order valence-electron chi connectivity index (χ3n) is 3.58. The van der Waals surface area contributed by atoms with E-state index in [1.54, 1.807) is 12.0 Å². The Bertz CT molecular complexity index is 459. The van der Waals surface area contributed by atoms with Crippen molar-refractivity contribution in [1.29, 1.82) is 0 Å². The first-order valence-corrected chi connectivity index (χ1v) is 6.69. The van der Waals surface area contributed by atoms with Crippen molar-refractivity contribution >= 4 is 5.91 Å². The highest BCUT2D eigenvalue weighted by molar-refractivity contribution is 5.79. The Labute approximate surface area is 114 Å². The maximum atomic E-state index is 12.2. The van der Waals surface area contributed by atoms with Gasteiger partial charge in [-0.2, -0.15) is 0 Å². The fourth-order valence-electron chi connectivity index (χ4n) is 2.44. The van der Waals surface area contributed by atoms with Crippen LogP contribution in [0.1, 0.15) is 24.0 Å². The third-order valence-corrected chi connectivity index (χ3v) is 3.58. The molecule has 0 radical (unpaired) electrons. The Hall–Kier alpha value is -1.55. The maximum absolute atomic E-state index is 12.2. The molecular weight excluding hydrogens is 242 g/mol. The summed E-state index contributed by atoms with van der Waals surface area (Å²) in [5.41, 5.74) is 2.01. The van der Waals surface area contributed by atoms with Gasteiger partial charge in [0.2, 0.25) is 5.91 Å². The minimum absolute atomic E-state index is 0.0738. The van der Waals surface area contributed by atoms with Crippen molar-refractivity contribution in [1.82, 2.24) is 4.90 Å². The van der Waals surface area contributed by atoms with Crippen LogP contribution in [0, 0.1) is 6.92 Å². The van der Waals surface area contributed by atoms with Crippen molar-refractivity contribution in [2.75, 3.05) is 20.2 Å². The number of aliphatic hydroxyl groups is 1. The monoisotopic (exact) mass is 263 g/mol. The highest BCUT2D eigenvalue weighted by Crippen LogP contribution is 2.20. The number of ether oxygens (including phenoxy) is 1. The van der Waals surface area contributed by atoms with Gasteiger partial charge in [-0.05, 0) is 37.0 Å². The summed E-state index contributed by atoms with van der Waals surface area (Å²) < 4.78 is 5.26. The molecule has 0 aliphatic carbocycles. The van der Waals surface area contributed by atoms with Gasteiger partial charge in [0.05, 0.1) is 19.6 Å². The first-order chi connectivity index (χ1) is 9.10. The molecular formula is C15H21NO3. The number of nitrogens with zero attached hydrogens (tertiary/aromatic N) is 1. The number of benzene rings is 1. The van der Waals surface area contributed by atoms with Gasteiger partial charge >= 0.3 is 0 Å². The second-order valence-corrected chi connectivity index (χ2v) is 5.12. The van der Waals surface area contributed by atoms with Crippen LogP contribution in [0.15, 0.2) is 18.2 Å². The Balaban J connectivity index is 2.02. The van der Waals surface area contributed by atoms with E-state index >= 15 is 0 Å². The number of hydrogen-bond donors (Lipinski definition) is 1. The molecule has 2 rings (SSSR count). The SMILES string of the molecule is COc1cc(CC(=O)N2CCCC(O)C2)ccc1C. The first-order valence-electron chi connectivity index (χ1n) is 6.69. The number of β-amino-alcohol motifs (C(OH)–C–C–N with tert-alkyl or cyclic N) is 1. The van der Waals surface area contributed by atoms with E-state index in [1.165, 1.54) is 0 Å². The zero-order valence-corrected chi connectivity index (χ0v) is 11.6. The van der Waals surface area contributed by atoms with Crippen molar-refractivity contribution in [2.45, 2.75) is 32.3 Å². The average molecular weight is 263 g/mol. The van der Waals surface area contributed by atoms with Crippen LogP contribution >= 0.6 is 0 Å². The molecule has 1 aromatic carbocycles. The molecule has 1 atom stereocenters. The lowest BCUT2D eigenvalue weighted by molar-refractivity contribution is -0.133. The van der Waals surface area contributed by atoms with Crippen LogP contribution in [-0.4, -0.2) is 42.2 Å². The van der Waals surface area contributed by atoms with Gasteiger partial charge in [0.15, 0.2) is 0 Å². The van der Waals surface area contributed by atoms with Crippen LogP contribution in [0.2, 0.25) is 0 Å². The number of methoxy groups -OCH3 is 1. The van der Waals surface area contributed by atoms with E-state index in [-0.39, 0.29) is 12.0 Å². The molecule has 1 aliphatic rings. The predicted octanol–water partition coefficient (Wildman–Crippen LogP) is 1.53. The highest BCUT2D eigenvalue weighted by atomic mass is 16.5. The van der Waals surface area contributed by atoms with Gasteiger partial charge < -0.3 is 14.7 Å². The van der Waals surface area contributed by atoms with Crippen LogP contribution in [0.25, 0.3) is 0 Å². The molecule has 1 aliphatic heterocycles. The average Bonchev–Trinajstić information content (AvgIpc) is 2.41. The van der Waals surface area contributed by atoms with Crippen LogP contribution in [0.5, 0.6) is 5.75 Å². The molecule has 1 fully saturated rings. The fraction of sp³-hybridized carbons (Fsp3) is 0.533. The minimum Gasteiger partial charge on any atom is -0.496 e. The lowest BCUT2D eigenvalue weighted by Crippen LogP contribution is -2.42. The molecule has 1 N–H and O–H groups in total. The van der Waals surface area contributed by atoms with Gasteiger partial charge in [0.1, 0.15) is 5.75 Å². The third kappa shape index (κ3) is 3.47. The number of carbonyl (C=O) groups excluding carboxylic acids is 1. The molecule has 0 bridgehead atoms. The highest BCUT2D eigenvalue weighted by Gasteiger charge is 2.22. The number of likely N-dealkylation sites (tertiary alicyclic amines) is 1. The van der Waals surface area contributed by atoms with Gasteiger partial charge in [-0.15, -0.1) is 0 Å². The van der Waals surface area contributed by atoms with E-state index in [0.717, 1.165) is 36.3 Å².